The number of aryl methyl sites for hydroxylation is 2. The second-order valence-corrected chi connectivity index (χ2v) is 9.93. The predicted molar refractivity (Wildman–Crippen MR) is 131 cm³/mol. The van der Waals surface area contributed by atoms with Crippen molar-refractivity contribution in [1.29, 1.82) is 0 Å². The summed E-state index contributed by atoms with van der Waals surface area (Å²) in [7, 11) is -1.35. The van der Waals surface area contributed by atoms with Crippen molar-refractivity contribution in [2.75, 3.05) is 6.61 Å². The molecular weight excluding hydrogens is 423 g/mol. The fraction of sp³-hybridized carbons (Fsp3) is 0.400. The molecule has 0 spiro atoms. The van der Waals surface area contributed by atoms with Gasteiger partial charge in [-0.2, -0.15) is 0 Å². The summed E-state index contributed by atoms with van der Waals surface area (Å²) in [6.07, 6.45) is 0.768. The van der Waals surface area contributed by atoms with E-state index in [0.29, 0.717) is 17.9 Å². The van der Waals surface area contributed by atoms with E-state index in [1.54, 1.807) is 19.9 Å². The van der Waals surface area contributed by atoms with Gasteiger partial charge in [-0.25, -0.2) is 0 Å². The van der Waals surface area contributed by atoms with E-state index in [4.69, 9.17) is 14.7 Å². The number of carbonyl (C=O) groups excluding carboxylic acids is 1. The molecule has 0 radical (unpaired) electrons. The van der Waals surface area contributed by atoms with Gasteiger partial charge < -0.3 is 14.3 Å². The van der Waals surface area contributed by atoms with E-state index in [1.807, 2.05) is 18.2 Å². The average molecular weight is 457 g/mol. The number of hydrogen-bond donors (Lipinski definition) is 3. The number of nitrogens with one attached hydrogen (secondary N) is 1. The van der Waals surface area contributed by atoms with E-state index >= 15 is 0 Å². The van der Waals surface area contributed by atoms with Gasteiger partial charge in [0.15, 0.2) is 5.50 Å². The minimum atomic E-state index is -1.35. The normalized spacial score (nSPS) is 13.5. The predicted octanol–water partition coefficient (Wildman–Crippen LogP) is 4.91. The molecule has 0 saturated heterocycles. The summed E-state index contributed by atoms with van der Waals surface area (Å²) >= 11 is 0. The number of phenolic OH excluding ortho intramolecular Hbond substituents is 1. The zero-order chi connectivity index (χ0) is 23.6. The number of ether oxygens (including phenoxy) is 1. The number of furan rings is 1. The quantitative estimate of drug-likeness (QED) is 0.329. The SMILES string of the molecule is CCOC(=O)[C@H](C)NP(N)c1cc2c(C)c(Cc3ccc(O)c(C(C)C)c3)c(C)cc2o1. The van der Waals surface area contributed by atoms with Gasteiger partial charge in [-0.3, -0.25) is 15.4 Å². The third-order valence-corrected chi connectivity index (χ3v) is 7.09. The Balaban J connectivity index is 1.89. The highest BCUT2D eigenvalue weighted by Gasteiger charge is 2.22. The van der Waals surface area contributed by atoms with Crippen LogP contribution < -0.4 is 16.1 Å². The van der Waals surface area contributed by atoms with Crippen LogP contribution in [-0.4, -0.2) is 23.7 Å². The molecular formula is C25H33N2O4P. The number of aromatic hydroxyl groups is 1. The maximum absolute atomic E-state index is 11.9. The van der Waals surface area contributed by atoms with E-state index < -0.39 is 14.3 Å². The number of carbonyl (C=O) groups is 1. The molecule has 32 heavy (non-hydrogen) atoms. The molecule has 1 aromatic heterocycles. The third-order valence-electron chi connectivity index (χ3n) is 5.73. The summed E-state index contributed by atoms with van der Waals surface area (Å²) in [6, 6.07) is 9.35. The molecule has 0 aliphatic rings. The Labute approximate surface area is 191 Å². The van der Waals surface area contributed by atoms with Crippen LogP contribution in [0, 0.1) is 13.8 Å². The summed E-state index contributed by atoms with van der Waals surface area (Å²) in [5, 5.41) is 14.3. The molecule has 3 rings (SSSR count). The lowest BCUT2D eigenvalue weighted by Gasteiger charge is -2.16. The first-order valence-corrected chi connectivity index (χ1v) is 12.4. The van der Waals surface area contributed by atoms with Gasteiger partial charge in [0.05, 0.1) is 6.61 Å². The molecule has 7 heteroatoms. The fourth-order valence-electron chi connectivity index (χ4n) is 3.90. The average Bonchev–Trinajstić information content (AvgIpc) is 3.16. The molecule has 2 aromatic carbocycles. The fourth-order valence-corrected chi connectivity index (χ4v) is 5.01. The van der Waals surface area contributed by atoms with Crippen molar-refractivity contribution in [2.45, 2.75) is 59.9 Å². The number of hydrogen-bond acceptors (Lipinski definition) is 6. The Morgan fingerprint density at radius 2 is 1.94 bits per heavy atom. The first kappa shape index (κ1) is 24.2. The highest BCUT2D eigenvalue weighted by atomic mass is 31.1. The highest BCUT2D eigenvalue weighted by molar-refractivity contribution is 7.60. The van der Waals surface area contributed by atoms with Crippen LogP contribution in [0.15, 0.2) is 34.7 Å². The molecule has 1 heterocycles. The molecule has 0 amide bonds. The monoisotopic (exact) mass is 456 g/mol. The van der Waals surface area contributed by atoms with Crippen LogP contribution in [0.4, 0.5) is 0 Å². The summed E-state index contributed by atoms with van der Waals surface area (Å²) < 4.78 is 11.1. The van der Waals surface area contributed by atoms with Crippen molar-refractivity contribution in [3.05, 3.63) is 58.1 Å². The van der Waals surface area contributed by atoms with E-state index in [-0.39, 0.29) is 11.9 Å². The van der Waals surface area contributed by atoms with Gasteiger partial charge in [0.25, 0.3) is 0 Å². The second-order valence-electron chi connectivity index (χ2n) is 8.49. The highest BCUT2D eigenvalue weighted by Crippen LogP contribution is 2.33. The number of fused-ring (bicyclic) bond motifs is 1. The van der Waals surface area contributed by atoms with Gasteiger partial charge in [0, 0.05) is 5.39 Å². The van der Waals surface area contributed by atoms with Crippen LogP contribution >= 0.6 is 8.22 Å². The number of rotatable bonds is 8. The molecule has 0 fully saturated rings. The van der Waals surface area contributed by atoms with Crippen molar-refractivity contribution < 1.29 is 19.1 Å². The number of phenols is 1. The first-order chi connectivity index (χ1) is 15.1. The Morgan fingerprint density at radius 3 is 2.59 bits per heavy atom. The van der Waals surface area contributed by atoms with E-state index in [9.17, 15) is 9.90 Å². The van der Waals surface area contributed by atoms with Gasteiger partial charge in [0.2, 0.25) is 0 Å². The van der Waals surface area contributed by atoms with E-state index in [2.05, 4.69) is 38.8 Å². The molecule has 2 atom stereocenters. The van der Waals surface area contributed by atoms with Crippen molar-refractivity contribution in [1.82, 2.24) is 5.09 Å². The minimum Gasteiger partial charge on any atom is -0.508 e. The molecule has 3 aromatic rings. The largest absolute Gasteiger partial charge is 0.508 e. The molecule has 0 bridgehead atoms. The van der Waals surface area contributed by atoms with Gasteiger partial charge in [-0.1, -0.05) is 26.0 Å². The maximum Gasteiger partial charge on any atom is 0.323 e. The van der Waals surface area contributed by atoms with Crippen molar-refractivity contribution in [3.8, 4) is 5.75 Å². The lowest BCUT2D eigenvalue weighted by Crippen LogP contribution is -2.35. The maximum atomic E-state index is 11.9. The molecule has 0 aliphatic heterocycles. The van der Waals surface area contributed by atoms with Crippen molar-refractivity contribution in [2.24, 2.45) is 5.50 Å². The van der Waals surface area contributed by atoms with Crippen LogP contribution in [0.5, 0.6) is 5.75 Å². The number of benzene rings is 2. The Kier molecular flexibility index (Phi) is 7.60. The van der Waals surface area contributed by atoms with Crippen molar-refractivity contribution in [3.63, 3.8) is 0 Å². The van der Waals surface area contributed by atoms with Crippen LogP contribution in [-0.2, 0) is 16.0 Å². The zero-order valence-corrected chi connectivity index (χ0v) is 20.5. The summed E-state index contributed by atoms with van der Waals surface area (Å²) in [5.41, 5.74) is 13.4. The Bertz CT molecular complexity index is 1120. The Morgan fingerprint density at radius 1 is 1.22 bits per heavy atom. The van der Waals surface area contributed by atoms with Crippen molar-refractivity contribution >= 4 is 30.7 Å². The Hall–Kier alpha value is -2.40. The molecule has 4 N–H and O–H groups in total. The van der Waals surface area contributed by atoms with Gasteiger partial charge in [-0.15, -0.1) is 0 Å². The van der Waals surface area contributed by atoms with Crippen LogP contribution in [0.1, 0.15) is 61.4 Å². The zero-order valence-electron chi connectivity index (χ0n) is 19.7. The van der Waals surface area contributed by atoms with Crippen LogP contribution in [0.2, 0.25) is 0 Å². The molecule has 0 aliphatic carbocycles. The summed E-state index contributed by atoms with van der Waals surface area (Å²) in [6.45, 7) is 12.2. The van der Waals surface area contributed by atoms with Gasteiger partial charge in [-0.05, 0) is 86.1 Å². The smallest absolute Gasteiger partial charge is 0.323 e. The molecule has 0 saturated carbocycles. The van der Waals surface area contributed by atoms with Crippen LogP contribution in [0.25, 0.3) is 11.0 Å². The molecule has 1 unspecified atom stereocenters. The lowest BCUT2D eigenvalue weighted by molar-refractivity contribution is -0.144. The first-order valence-electron chi connectivity index (χ1n) is 10.9. The lowest BCUT2D eigenvalue weighted by atomic mass is 9.91. The number of esters is 1. The summed E-state index contributed by atoms with van der Waals surface area (Å²) in [4.78, 5) is 11.9. The van der Waals surface area contributed by atoms with Gasteiger partial charge >= 0.3 is 5.97 Å². The minimum absolute atomic E-state index is 0.254. The van der Waals surface area contributed by atoms with E-state index in [0.717, 1.165) is 39.6 Å². The van der Waals surface area contributed by atoms with E-state index in [1.165, 1.54) is 5.56 Å². The van der Waals surface area contributed by atoms with Gasteiger partial charge in [0.1, 0.15) is 25.6 Å². The second kappa shape index (κ2) is 10.0. The third kappa shape index (κ3) is 5.15. The van der Waals surface area contributed by atoms with Crippen LogP contribution in [0.3, 0.4) is 0 Å². The topological polar surface area (TPSA) is 97.7 Å². The standard InChI is InChI=1S/C25H33N2O4P/c1-7-30-25(29)17(6)27-32(26)24-13-21-16(5)20(15(4)10-23(21)31-24)12-18-8-9-22(28)19(11-18)14(2)3/h8-11,13-14,17,27-28H,7,12,26H2,1-6H3/t17-,32?/m0/s1. The molecule has 6 nitrogen and oxygen atoms in total. The summed E-state index contributed by atoms with van der Waals surface area (Å²) in [5.74, 6) is 0.267. The molecule has 172 valence electrons. The number of nitrogens with two attached hydrogens (primary N) is 1.